The number of hydrogen-bond acceptors (Lipinski definition) is 7. The van der Waals surface area contributed by atoms with E-state index >= 15 is 0 Å². The third-order valence-corrected chi connectivity index (χ3v) is 6.55. The molecule has 0 unspecified atom stereocenters. The Balaban J connectivity index is 1.48. The zero-order chi connectivity index (χ0) is 26.1. The number of fused-ring (bicyclic) bond motifs is 1. The first kappa shape index (κ1) is 27.8. The van der Waals surface area contributed by atoms with E-state index in [4.69, 9.17) is 10.5 Å². The number of nitrogens with two attached hydrogens (primary N) is 1. The minimum Gasteiger partial charge on any atom is -0.494 e. The lowest BCUT2D eigenvalue weighted by atomic mass is 9.89. The molecule has 1 aromatic rings. The van der Waals surface area contributed by atoms with Crippen molar-refractivity contribution < 1.29 is 19.4 Å². The molecule has 1 saturated carbocycles. The van der Waals surface area contributed by atoms with Crippen LogP contribution in [0.15, 0.2) is 23.2 Å². The molecule has 0 radical (unpaired) electrons. The molecular formula is C27H43N5O4. The van der Waals surface area contributed by atoms with E-state index in [9.17, 15) is 14.7 Å². The van der Waals surface area contributed by atoms with Gasteiger partial charge in [0.15, 0.2) is 5.96 Å². The quantitative estimate of drug-likeness (QED) is 0.401. The second-order valence-corrected chi connectivity index (χ2v) is 10.9. The van der Waals surface area contributed by atoms with Crippen LogP contribution in [0.3, 0.4) is 0 Å². The smallest absolute Gasteiger partial charge is 0.240 e. The summed E-state index contributed by atoms with van der Waals surface area (Å²) in [6.45, 7) is 7.97. The summed E-state index contributed by atoms with van der Waals surface area (Å²) < 4.78 is 5.92. The highest BCUT2D eigenvalue weighted by Crippen LogP contribution is 2.29. The van der Waals surface area contributed by atoms with Crippen LogP contribution in [0.4, 0.5) is 5.69 Å². The minimum absolute atomic E-state index is 0.00797. The fourth-order valence-corrected chi connectivity index (χ4v) is 4.83. The lowest BCUT2D eigenvalue weighted by Crippen LogP contribution is -2.49. The predicted molar refractivity (Wildman–Crippen MR) is 141 cm³/mol. The lowest BCUT2D eigenvalue weighted by molar-refractivity contribution is -0.132. The number of nitrogens with one attached hydrogen (secondary N) is 1. The van der Waals surface area contributed by atoms with E-state index in [0.29, 0.717) is 50.2 Å². The molecule has 9 nitrogen and oxygen atoms in total. The maximum atomic E-state index is 12.7. The second kappa shape index (κ2) is 12.9. The normalized spacial score (nSPS) is 16.2. The zero-order valence-electron chi connectivity index (χ0n) is 22.1. The van der Waals surface area contributed by atoms with E-state index in [2.05, 4.69) is 10.3 Å². The molecular weight excluding hydrogens is 458 g/mol. The number of amides is 2. The van der Waals surface area contributed by atoms with E-state index in [-0.39, 0.29) is 30.5 Å². The van der Waals surface area contributed by atoms with Crippen molar-refractivity contribution >= 4 is 23.5 Å². The number of ether oxygens (including phenoxy) is 1. The molecule has 1 aromatic carbocycles. The topological polar surface area (TPSA) is 120 Å². The van der Waals surface area contributed by atoms with Gasteiger partial charge >= 0.3 is 0 Å². The average molecular weight is 502 g/mol. The Morgan fingerprint density at radius 1 is 1.25 bits per heavy atom. The highest BCUT2D eigenvalue weighted by Gasteiger charge is 2.23. The van der Waals surface area contributed by atoms with E-state index in [1.165, 1.54) is 32.1 Å². The standard InChI is InChI=1S/C27H43N5O4/c1-27(2,3)30-24(34)19-32-18-21-16-22(11-12-23(21)29-26(32)28)36-15-7-10-25(35)31(13-14-33)17-20-8-5-4-6-9-20/h11-12,16,20,33H,4-10,13-15,17-19H2,1-3H3,(H2,28,29)(H,30,34). The van der Waals surface area contributed by atoms with Crippen molar-refractivity contribution in [3.8, 4) is 5.75 Å². The first-order valence-electron chi connectivity index (χ1n) is 13.2. The summed E-state index contributed by atoms with van der Waals surface area (Å²) in [5.74, 6) is 1.54. The highest BCUT2D eigenvalue weighted by atomic mass is 16.5. The van der Waals surface area contributed by atoms with Crippen molar-refractivity contribution in [2.24, 2.45) is 16.6 Å². The Kier molecular flexibility index (Phi) is 9.98. The molecule has 1 aliphatic carbocycles. The fourth-order valence-electron chi connectivity index (χ4n) is 4.83. The van der Waals surface area contributed by atoms with Gasteiger partial charge in [0.05, 0.1) is 18.9 Å². The van der Waals surface area contributed by atoms with Crippen LogP contribution >= 0.6 is 0 Å². The van der Waals surface area contributed by atoms with Gasteiger partial charge in [0.2, 0.25) is 11.8 Å². The molecule has 2 amide bonds. The first-order valence-corrected chi connectivity index (χ1v) is 13.2. The van der Waals surface area contributed by atoms with Gasteiger partial charge in [-0.15, -0.1) is 0 Å². The van der Waals surface area contributed by atoms with Gasteiger partial charge in [-0.2, -0.15) is 0 Å². The van der Waals surface area contributed by atoms with Gasteiger partial charge in [0, 0.05) is 37.2 Å². The summed E-state index contributed by atoms with van der Waals surface area (Å²) >= 11 is 0. The number of guanidine groups is 1. The Labute approximate surface area is 215 Å². The van der Waals surface area contributed by atoms with Crippen LogP contribution < -0.4 is 15.8 Å². The predicted octanol–water partition coefficient (Wildman–Crippen LogP) is 2.92. The molecule has 0 bridgehead atoms. The molecule has 36 heavy (non-hydrogen) atoms. The summed E-state index contributed by atoms with van der Waals surface area (Å²) in [4.78, 5) is 33.1. The SMILES string of the molecule is CC(C)(C)NC(=O)CN1Cc2cc(OCCCC(=O)N(CCO)CC3CCCCC3)ccc2N=C1N. The molecule has 2 aliphatic rings. The molecule has 0 spiro atoms. The maximum absolute atomic E-state index is 12.7. The number of aliphatic imine (C=N–C) groups is 1. The molecule has 4 N–H and O–H groups in total. The monoisotopic (exact) mass is 501 g/mol. The Morgan fingerprint density at radius 3 is 2.69 bits per heavy atom. The molecule has 0 saturated heterocycles. The summed E-state index contributed by atoms with van der Waals surface area (Å²) in [6.07, 6.45) is 7.10. The summed E-state index contributed by atoms with van der Waals surface area (Å²) in [5, 5.41) is 12.3. The Morgan fingerprint density at radius 2 is 2.00 bits per heavy atom. The van der Waals surface area contributed by atoms with Crippen LogP contribution in [0.25, 0.3) is 0 Å². The highest BCUT2D eigenvalue weighted by molar-refractivity contribution is 5.88. The van der Waals surface area contributed by atoms with Gasteiger partial charge < -0.3 is 30.7 Å². The third-order valence-electron chi connectivity index (χ3n) is 6.55. The lowest BCUT2D eigenvalue weighted by Gasteiger charge is -2.29. The zero-order valence-corrected chi connectivity index (χ0v) is 22.1. The second-order valence-electron chi connectivity index (χ2n) is 10.9. The summed E-state index contributed by atoms with van der Waals surface area (Å²) in [6, 6.07) is 5.63. The number of rotatable bonds is 11. The number of carbonyl (C=O) groups excluding carboxylic acids is 2. The largest absolute Gasteiger partial charge is 0.494 e. The van der Waals surface area contributed by atoms with E-state index < -0.39 is 0 Å². The molecule has 200 valence electrons. The molecule has 1 aliphatic heterocycles. The van der Waals surface area contributed by atoms with Gasteiger partial charge in [-0.25, -0.2) is 4.99 Å². The summed E-state index contributed by atoms with van der Waals surface area (Å²) in [5.41, 5.74) is 7.47. The van der Waals surface area contributed by atoms with E-state index in [1.54, 1.807) is 4.90 Å². The molecule has 9 heteroatoms. The van der Waals surface area contributed by atoms with Crippen molar-refractivity contribution in [2.75, 3.05) is 32.8 Å². The van der Waals surface area contributed by atoms with Crippen molar-refractivity contribution in [3.63, 3.8) is 0 Å². The number of aliphatic hydroxyl groups excluding tert-OH is 1. The van der Waals surface area contributed by atoms with Crippen molar-refractivity contribution in [2.45, 2.75) is 77.8 Å². The number of aliphatic hydroxyl groups is 1. The van der Waals surface area contributed by atoms with Crippen molar-refractivity contribution in [1.29, 1.82) is 0 Å². The molecule has 1 fully saturated rings. The number of carbonyl (C=O) groups is 2. The summed E-state index contributed by atoms with van der Waals surface area (Å²) in [7, 11) is 0. The molecule has 1 heterocycles. The van der Waals surface area contributed by atoms with Gasteiger partial charge in [0.1, 0.15) is 12.3 Å². The third kappa shape index (κ3) is 8.69. The fraction of sp³-hybridized carbons (Fsp3) is 0.667. The Hall–Kier alpha value is -2.81. The van der Waals surface area contributed by atoms with Gasteiger partial charge in [-0.05, 0) is 64.2 Å². The number of benzene rings is 1. The number of hydrogen-bond donors (Lipinski definition) is 3. The molecule has 0 atom stereocenters. The van der Waals surface area contributed by atoms with Crippen molar-refractivity contribution in [1.82, 2.24) is 15.1 Å². The van der Waals surface area contributed by atoms with Crippen LogP contribution in [0, 0.1) is 5.92 Å². The Bertz CT molecular complexity index is 921. The minimum atomic E-state index is -0.315. The van der Waals surface area contributed by atoms with Crippen LogP contribution in [-0.4, -0.2) is 71.1 Å². The van der Waals surface area contributed by atoms with Gasteiger partial charge in [0.25, 0.3) is 0 Å². The maximum Gasteiger partial charge on any atom is 0.240 e. The number of nitrogens with zero attached hydrogens (tertiary/aromatic N) is 3. The first-order chi connectivity index (χ1) is 17.1. The van der Waals surface area contributed by atoms with Crippen LogP contribution in [-0.2, 0) is 16.1 Å². The van der Waals surface area contributed by atoms with Crippen molar-refractivity contribution in [3.05, 3.63) is 23.8 Å². The van der Waals surface area contributed by atoms with E-state index in [0.717, 1.165) is 17.8 Å². The van der Waals surface area contributed by atoms with Gasteiger partial charge in [-0.1, -0.05) is 19.3 Å². The van der Waals surface area contributed by atoms with Crippen LogP contribution in [0.5, 0.6) is 5.75 Å². The van der Waals surface area contributed by atoms with Gasteiger partial charge in [-0.3, -0.25) is 9.59 Å². The average Bonchev–Trinajstić information content (AvgIpc) is 2.81. The van der Waals surface area contributed by atoms with Crippen LogP contribution in [0.2, 0.25) is 0 Å². The molecule has 3 rings (SSSR count). The van der Waals surface area contributed by atoms with E-state index in [1.807, 2.05) is 43.9 Å². The van der Waals surface area contributed by atoms with Crippen LogP contribution in [0.1, 0.15) is 71.3 Å². The molecule has 0 aromatic heterocycles.